The lowest BCUT2D eigenvalue weighted by atomic mass is 9.91. The summed E-state index contributed by atoms with van der Waals surface area (Å²) >= 11 is 6.07. The highest BCUT2D eigenvalue weighted by atomic mass is 32.2. The number of hydrogen-bond donors (Lipinski definition) is 0. The third-order valence-corrected chi connectivity index (χ3v) is 8.11. The van der Waals surface area contributed by atoms with Gasteiger partial charge in [0.15, 0.2) is 0 Å². The van der Waals surface area contributed by atoms with Crippen LogP contribution in [-0.4, -0.2) is 20.8 Å². The van der Waals surface area contributed by atoms with Crippen molar-refractivity contribution in [2.45, 2.75) is 29.1 Å². The van der Waals surface area contributed by atoms with Gasteiger partial charge in [0.1, 0.15) is 0 Å². The average Bonchev–Trinajstić information content (AvgIpc) is 2.78. The van der Waals surface area contributed by atoms with E-state index in [0.29, 0.717) is 9.33 Å². The maximum atomic E-state index is 4.04. The summed E-state index contributed by atoms with van der Waals surface area (Å²) in [4.78, 5) is 0. The lowest BCUT2D eigenvalue weighted by Crippen LogP contribution is -2.29. The molecule has 1 unspecified atom stereocenters. The van der Waals surface area contributed by atoms with Crippen molar-refractivity contribution < 1.29 is 0 Å². The molecule has 0 nitrogen and oxygen atoms in total. The first kappa shape index (κ1) is 13.5. The molecule has 0 bridgehead atoms. The number of thioether (sulfide) groups is 3. The van der Waals surface area contributed by atoms with Gasteiger partial charge in [0.25, 0.3) is 0 Å². The standard InChI is InChI=1S/C14H18S3/c1-4-8-15-13-6-7-14(16-9-10-17-14)12(5-2)11(13)3/h5,8,13H,1-2,6-7,9-10H2,3H3. The van der Waals surface area contributed by atoms with Crippen LogP contribution in [0, 0.1) is 0 Å². The van der Waals surface area contributed by atoms with Gasteiger partial charge >= 0.3 is 0 Å². The Morgan fingerprint density at radius 3 is 2.76 bits per heavy atom. The summed E-state index contributed by atoms with van der Waals surface area (Å²) in [6.07, 6.45) is 4.61. The molecule has 17 heavy (non-hydrogen) atoms. The second-order valence-corrected chi connectivity index (χ2v) is 8.36. The molecule has 0 aromatic carbocycles. The molecule has 1 heterocycles. The quantitative estimate of drug-likeness (QED) is 0.679. The molecule has 0 N–H and O–H groups in total. The van der Waals surface area contributed by atoms with Crippen LogP contribution >= 0.6 is 35.3 Å². The molecule has 0 saturated carbocycles. The Kier molecular flexibility index (Phi) is 4.59. The first-order valence-corrected chi connectivity index (χ1v) is 8.76. The maximum Gasteiger partial charge on any atom is 0.0860 e. The first-order valence-electron chi connectivity index (χ1n) is 5.85. The van der Waals surface area contributed by atoms with Crippen LogP contribution in [0.3, 0.4) is 0 Å². The van der Waals surface area contributed by atoms with Crippen molar-refractivity contribution in [1.82, 2.24) is 0 Å². The SMILES string of the molecule is C=C=CSC1CCC2(SCCS2)C(C=C)=C1C. The van der Waals surface area contributed by atoms with Gasteiger partial charge < -0.3 is 0 Å². The molecule has 0 aromatic rings. The third-order valence-electron chi connectivity index (χ3n) is 3.33. The zero-order valence-corrected chi connectivity index (χ0v) is 12.6. The largest absolute Gasteiger partial charge is 0.139 e. The van der Waals surface area contributed by atoms with Gasteiger partial charge in [-0.15, -0.1) is 41.0 Å². The Labute approximate surface area is 117 Å². The number of allylic oxidation sites excluding steroid dienone is 1. The minimum absolute atomic E-state index is 0.320. The van der Waals surface area contributed by atoms with E-state index in [1.807, 2.05) is 17.2 Å². The molecule has 2 rings (SSSR count). The van der Waals surface area contributed by atoms with E-state index >= 15 is 0 Å². The van der Waals surface area contributed by atoms with Crippen LogP contribution in [0.1, 0.15) is 19.8 Å². The van der Waals surface area contributed by atoms with Gasteiger partial charge in [-0.3, -0.25) is 0 Å². The molecule has 0 amide bonds. The fourth-order valence-electron chi connectivity index (χ4n) is 2.52. The lowest BCUT2D eigenvalue weighted by Gasteiger charge is -2.37. The highest BCUT2D eigenvalue weighted by molar-refractivity contribution is 8.21. The molecule has 1 aliphatic heterocycles. The van der Waals surface area contributed by atoms with Crippen molar-refractivity contribution in [3.8, 4) is 0 Å². The summed E-state index contributed by atoms with van der Waals surface area (Å²) in [5, 5.41) is 2.58. The summed E-state index contributed by atoms with van der Waals surface area (Å²) in [5.41, 5.74) is 5.84. The van der Waals surface area contributed by atoms with E-state index < -0.39 is 0 Å². The highest BCUT2D eigenvalue weighted by Crippen LogP contribution is 2.56. The summed E-state index contributed by atoms with van der Waals surface area (Å²) in [5.74, 6) is 2.55. The molecule has 92 valence electrons. The minimum Gasteiger partial charge on any atom is -0.139 e. The van der Waals surface area contributed by atoms with Crippen molar-refractivity contribution in [3.05, 3.63) is 41.5 Å². The zero-order valence-electron chi connectivity index (χ0n) is 10.2. The molecule has 3 heteroatoms. The monoisotopic (exact) mass is 282 g/mol. The second kappa shape index (κ2) is 5.79. The fourth-order valence-corrected chi connectivity index (χ4v) is 6.85. The number of rotatable bonds is 3. The lowest BCUT2D eigenvalue weighted by molar-refractivity contribution is 0.682. The first-order chi connectivity index (χ1) is 8.23. The van der Waals surface area contributed by atoms with E-state index in [2.05, 4.69) is 55.4 Å². The van der Waals surface area contributed by atoms with Crippen molar-refractivity contribution in [3.63, 3.8) is 0 Å². The van der Waals surface area contributed by atoms with E-state index in [1.54, 1.807) is 0 Å². The van der Waals surface area contributed by atoms with Crippen molar-refractivity contribution in [2.24, 2.45) is 0 Å². The maximum absolute atomic E-state index is 4.04. The van der Waals surface area contributed by atoms with Crippen LogP contribution in [0.4, 0.5) is 0 Å². The van der Waals surface area contributed by atoms with Crippen molar-refractivity contribution in [2.75, 3.05) is 11.5 Å². The third kappa shape index (κ3) is 2.58. The molecule has 1 saturated heterocycles. The summed E-state index contributed by atoms with van der Waals surface area (Å²) in [6.45, 7) is 9.94. The van der Waals surface area contributed by atoms with Crippen LogP contribution in [0.15, 0.2) is 41.5 Å². The average molecular weight is 282 g/mol. The van der Waals surface area contributed by atoms with Gasteiger partial charge in [0.05, 0.1) is 4.08 Å². The minimum atomic E-state index is 0.320. The summed E-state index contributed by atoms with van der Waals surface area (Å²) in [6, 6.07) is 0. The zero-order chi connectivity index (χ0) is 12.3. The Bertz CT molecular complexity index is 382. The van der Waals surface area contributed by atoms with Gasteiger partial charge in [-0.05, 0) is 25.3 Å². The molecule has 0 radical (unpaired) electrons. The summed E-state index contributed by atoms with van der Waals surface area (Å²) in [7, 11) is 0. The summed E-state index contributed by atoms with van der Waals surface area (Å²) < 4.78 is 0.320. The Morgan fingerprint density at radius 2 is 2.18 bits per heavy atom. The molecular weight excluding hydrogens is 264 g/mol. The van der Waals surface area contributed by atoms with Crippen LogP contribution in [0.2, 0.25) is 0 Å². The molecule has 1 fully saturated rings. The number of hydrogen-bond acceptors (Lipinski definition) is 3. The van der Waals surface area contributed by atoms with Crippen molar-refractivity contribution in [1.29, 1.82) is 0 Å². The smallest absolute Gasteiger partial charge is 0.0860 e. The van der Waals surface area contributed by atoms with E-state index in [9.17, 15) is 0 Å². The van der Waals surface area contributed by atoms with Gasteiger partial charge in [0.2, 0.25) is 0 Å². The molecular formula is C14H18S3. The van der Waals surface area contributed by atoms with E-state index in [1.165, 1.54) is 35.5 Å². The van der Waals surface area contributed by atoms with E-state index in [4.69, 9.17) is 0 Å². The van der Waals surface area contributed by atoms with Crippen molar-refractivity contribution >= 4 is 35.3 Å². The van der Waals surface area contributed by atoms with E-state index in [0.717, 1.165) is 0 Å². The van der Waals surface area contributed by atoms with Gasteiger partial charge in [-0.1, -0.05) is 24.8 Å². The van der Waals surface area contributed by atoms with Crippen LogP contribution in [0.25, 0.3) is 0 Å². The Hall–Kier alpha value is 0.0500. The van der Waals surface area contributed by atoms with Crippen LogP contribution in [-0.2, 0) is 0 Å². The topological polar surface area (TPSA) is 0 Å². The van der Waals surface area contributed by atoms with Crippen LogP contribution in [0.5, 0.6) is 0 Å². The Morgan fingerprint density at radius 1 is 1.47 bits per heavy atom. The van der Waals surface area contributed by atoms with Gasteiger partial charge in [-0.25, -0.2) is 0 Å². The predicted molar refractivity (Wildman–Crippen MR) is 84.9 cm³/mol. The van der Waals surface area contributed by atoms with E-state index in [-0.39, 0.29) is 0 Å². The predicted octanol–water partition coefficient (Wildman–Crippen LogP) is 4.86. The highest BCUT2D eigenvalue weighted by Gasteiger charge is 2.42. The van der Waals surface area contributed by atoms with Gasteiger partial charge in [-0.2, -0.15) is 0 Å². The molecule has 1 atom stereocenters. The normalized spacial score (nSPS) is 27.0. The molecule has 2 aliphatic rings. The second-order valence-electron chi connectivity index (χ2n) is 4.24. The molecule has 1 aliphatic carbocycles. The fraction of sp³-hybridized carbons (Fsp3) is 0.500. The van der Waals surface area contributed by atoms with Crippen LogP contribution < -0.4 is 0 Å². The molecule has 0 aromatic heterocycles. The molecule has 1 spiro atoms. The Balaban J connectivity index is 2.29. The van der Waals surface area contributed by atoms with Gasteiger partial charge in [0, 0.05) is 22.2 Å².